The zero-order valence-corrected chi connectivity index (χ0v) is 18.3. The van der Waals surface area contributed by atoms with Crippen molar-refractivity contribution in [2.24, 2.45) is 5.41 Å². The van der Waals surface area contributed by atoms with Gasteiger partial charge in [0, 0.05) is 36.8 Å². The number of pyridine rings is 1. The van der Waals surface area contributed by atoms with Gasteiger partial charge in [0.15, 0.2) is 5.82 Å². The first-order valence-electron chi connectivity index (χ1n) is 10.4. The smallest absolute Gasteiger partial charge is 0.246 e. The third-order valence-corrected chi connectivity index (χ3v) is 5.82. The molecule has 0 fully saturated rings. The highest BCUT2D eigenvalue weighted by Crippen LogP contribution is 2.29. The Labute approximate surface area is 185 Å². The number of aryl methyl sites for hydroxylation is 1. The molecular formula is C24H26N4O4. The minimum absolute atomic E-state index is 0.172. The number of aliphatic hydroxyl groups excluding tert-OH is 1. The fourth-order valence-corrected chi connectivity index (χ4v) is 3.53. The molecule has 32 heavy (non-hydrogen) atoms. The number of anilines is 2. The van der Waals surface area contributed by atoms with Crippen LogP contribution in [-0.4, -0.2) is 47.0 Å². The lowest BCUT2D eigenvalue weighted by atomic mass is 9.91. The van der Waals surface area contributed by atoms with Crippen LogP contribution in [0.25, 0.3) is 17.0 Å². The maximum absolute atomic E-state index is 12.6. The van der Waals surface area contributed by atoms with Crippen molar-refractivity contribution < 1.29 is 19.1 Å². The van der Waals surface area contributed by atoms with E-state index in [0.717, 1.165) is 22.3 Å². The summed E-state index contributed by atoms with van der Waals surface area (Å²) >= 11 is 0. The van der Waals surface area contributed by atoms with Crippen LogP contribution in [0.4, 0.5) is 11.5 Å². The van der Waals surface area contributed by atoms with Gasteiger partial charge in [0.25, 0.3) is 0 Å². The van der Waals surface area contributed by atoms with Crippen molar-refractivity contribution in [1.29, 1.82) is 0 Å². The molecule has 0 unspecified atom stereocenters. The van der Waals surface area contributed by atoms with E-state index >= 15 is 0 Å². The molecule has 0 aliphatic carbocycles. The van der Waals surface area contributed by atoms with E-state index in [1.54, 1.807) is 37.2 Å². The number of aliphatic hydroxyl groups is 1. The molecule has 0 radical (unpaired) electrons. The van der Waals surface area contributed by atoms with Gasteiger partial charge in [-0.05, 0) is 37.6 Å². The van der Waals surface area contributed by atoms with Crippen molar-refractivity contribution in [2.75, 3.05) is 30.8 Å². The summed E-state index contributed by atoms with van der Waals surface area (Å²) < 4.78 is 5.90. The van der Waals surface area contributed by atoms with Gasteiger partial charge in [-0.15, -0.1) is 0 Å². The van der Waals surface area contributed by atoms with Crippen molar-refractivity contribution in [3.05, 3.63) is 59.5 Å². The zero-order chi connectivity index (χ0) is 22.9. The number of benzene rings is 1. The van der Waals surface area contributed by atoms with Crippen LogP contribution in [-0.2, 0) is 16.1 Å². The molecular weight excluding hydrogens is 408 g/mol. The fraction of sp³-hybridized carbons (Fsp3) is 0.292. The van der Waals surface area contributed by atoms with E-state index < -0.39 is 5.41 Å². The molecule has 3 aromatic rings. The summed E-state index contributed by atoms with van der Waals surface area (Å²) in [5.74, 6) is 0.691. The Balaban J connectivity index is 1.45. The summed E-state index contributed by atoms with van der Waals surface area (Å²) in [7, 11) is 1.72. The normalized spacial score (nSPS) is 18.2. The van der Waals surface area contributed by atoms with E-state index in [1.807, 2.05) is 31.2 Å². The second-order valence-corrected chi connectivity index (χ2v) is 8.37. The van der Waals surface area contributed by atoms with Crippen molar-refractivity contribution >= 4 is 40.4 Å². The largest absolute Gasteiger partial charge is 0.459 e. The molecule has 4 rings (SSSR count). The van der Waals surface area contributed by atoms with E-state index in [-0.39, 0.29) is 25.0 Å². The lowest BCUT2D eigenvalue weighted by molar-refractivity contribution is -0.126. The summed E-state index contributed by atoms with van der Waals surface area (Å²) in [6.07, 6.45) is 4.74. The van der Waals surface area contributed by atoms with Gasteiger partial charge in [-0.1, -0.05) is 18.2 Å². The highest BCUT2D eigenvalue weighted by molar-refractivity contribution is 5.99. The molecule has 2 aromatic heterocycles. The van der Waals surface area contributed by atoms with Crippen LogP contribution >= 0.6 is 0 Å². The number of aromatic nitrogens is 1. The van der Waals surface area contributed by atoms with Crippen LogP contribution < -0.4 is 10.6 Å². The Bertz CT molecular complexity index is 1220. The topological polar surface area (TPSA) is 108 Å². The molecule has 0 bridgehead atoms. The number of nitrogens with one attached hydrogen (secondary N) is 2. The van der Waals surface area contributed by atoms with E-state index in [0.29, 0.717) is 23.6 Å². The van der Waals surface area contributed by atoms with Crippen LogP contribution in [0.15, 0.2) is 47.0 Å². The van der Waals surface area contributed by atoms with Gasteiger partial charge in [-0.25, -0.2) is 4.98 Å². The second-order valence-electron chi connectivity index (χ2n) is 8.37. The molecule has 2 amide bonds. The molecule has 1 atom stereocenters. The number of hydrogen-bond acceptors (Lipinski definition) is 6. The first-order chi connectivity index (χ1) is 15.3. The SMILES string of the molecule is Cc1c(CN(C)C(=O)/C=C/c2cnc3c(c2)NC[C@@](C)(CO)C(=O)N3)oc2ccccc12. The number of fused-ring (bicyclic) bond motifs is 2. The van der Waals surface area contributed by atoms with Gasteiger partial charge in [-0.2, -0.15) is 0 Å². The molecule has 0 saturated carbocycles. The maximum Gasteiger partial charge on any atom is 0.246 e. The van der Waals surface area contributed by atoms with Gasteiger partial charge < -0.3 is 25.1 Å². The molecule has 0 saturated heterocycles. The quantitative estimate of drug-likeness (QED) is 0.533. The molecule has 1 aliphatic heterocycles. The number of para-hydroxylation sites is 1. The standard InChI is InChI=1S/C24H26N4O4/c1-15-17-6-4-5-7-19(17)32-20(15)12-28(3)21(30)9-8-16-10-18-22(25-11-16)27-23(31)24(2,14-29)13-26-18/h4-11,26,29H,12-14H2,1-3H3,(H,25,27,31)/b9-8+/t24-/m0/s1. The van der Waals surface area contributed by atoms with E-state index in [4.69, 9.17) is 4.42 Å². The third-order valence-electron chi connectivity index (χ3n) is 5.82. The number of amides is 2. The van der Waals surface area contributed by atoms with Crippen LogP contribution in [0, 0.1) is 12.3 Å². The lowest BCUT2D eigenvalue weighted by Gasteiger charge is -2.22. The van der Waals surface area contributed by atoms with Crippen LogP contribution in [0.1, 0.15) is 23.8 Å². The van der Waals surface area contributed by atoms with Gasteiger partial charge in [0.05, 0.1) is 24.3 Å². The zero-order valence-electron chi connectivity index (χ0n) is 18.3. The van der Waals surface area contributed by atoms with Crippen LogP contribution in [0.3, 0.4) is 0 Å². The first kappa shape index (κ1) is 21.6. The number of rotatable bonds is 5. The Morgan fingerprint density at radius 1 is 1.38 bits per heavy atom. The van der Waals surface area contributed by atoms with Crippen LogP contribution in [0.2, 0.25) is 0 Å². The second kappa shape index (κ2) is 8.47. The van der Waals surface area contributed by atoms with Crippen molar-refractivity contribution in [1.82, 2.24) is 9.88 Å². The molecule has 1 aromatic carbocycles. The lowest BCUT2D eigenvalue weighted by Crippen LogP contribution is -2.40. The third kappa shape index (κ3) is 4.09. The van der Waals surface area contributed by atoms with Gasteiger partial charge in [0.1, 0.15) is 11.3 Å². The number of carbonyl (C=O) groups excluding carboxylic acids is 2. The molecule has 1 aliphatic rings. The number of carbonyl (C=O) groups is 2. The van der Waals surface area contributed by atoms with E-state index in [2.05, 4.69) is 15.6 Å². The number of likely N-dealkylation sites (N-methyl/N-ethyl adjacent to an activating group) is 1. The molecule has 8 heteroatoms. The average molecular weight is 434 g/mol. The summed E-state index contributed by atoms with van der Waals surface area (Å²) in [5, 5.41) is 16.5. The minimum atomic E-state index is -0.940. The fourth-order valence-electron chi connectivity index (χ4n) is 3.53. The Hall–Kier alpha value is -3.65. The Morgan fingerprint density at radius 2 is 2.16 bits per heavy atom. The van der Waals surface area contributed by atoms with E-state index in [9.17, 15) is 14.7 Å². The van der Waals surface area contributed by atoms with E-state index in [1.165, 1.54) is 6.08 Å². The van der Waals surface area contributed by atoms with Gasteiger partial charge in [0.2, 0.25) is 11.8 Å². The predicted molar refractivity (Wildman–Crippen MR) is 123 cm³/mol. The molecule has 3 N–H and O–H groups in total. The highest BCUT2D eigenvalue weighted by atomic mass is 16.3. The predicted octanol–water partition coefficient (Wildman–Crippen LogP) is 3.17. The summed E-state index contributed by atoms with van der Waals surface area (Å²) in [6, 6.07) is 9.61. The molecule has 3 heterocycles. The van der Waals surface area contributed by atoms with Crippen molar-refractivity contribution in [3.8, 4) is 0 Å². The summed E-state index contributed by atoms with van der Waals surface area (Å²) in [5.41, 5.74) is 2.24. The summed E-state index contributed by atoms with van der Waals surface area (Å²) in [6.45, 7) is 4.03. The van der Waals surface area contributed by atoms with Crippen LogP contribution in [0.5, 0.6) is 0 Å². The summed E-state index contributed by atoms with van der Waals surface area (Å²) in [4.78, 5) is 30.8. The number of nitrogens with zero attached hydrogens (tertiary/aromatic N) is 2. The molecule has 8 nitrogen and oxygen atoms in total. The minimum Gasteiger partial charge on any atom is -0.459 e. The molecule has 0 spiro atoms. The van der Waals surface area contributed by atoms with Crippen molar-refractivity contribution in [3.63, 3.8) is 0 Å². The maximum atomic E-state index is 12.6. The average Bonchev–Trinajstić information content (AvgIpc) is 3.04. The Morgan fingerprint density at radius 3 is 2.91 bits per heavy atom. The monoisotopic (exact) mass is 434 g/mol. The number of hydrogen-bond donors (Lipinski definition) is 3. The molecule has 166 valence electrons. The van der Waals surface area contributed by atoms with Gasteiger partial charge >= 0.3 is 0 Å². The Kier molecular flexibility index (Phi) is 5.71. The number of furan rings is 1. The van der Waals surface area contributed by atoms with Gasteiger partial charge in [-0.3, -0.25) is 9.59 Å². The first-order valence-corrected chi connectivity index (χ1v) is 10.4. The van der Waals surface area contributed by atoms with Crippen molar-refractivity contribution in [2.45, 2.75) is 20.4 Å². The highest BCUT2D eigenvalue weighted by Gasteiger charge is 2.35.